The Balaban J connectivity index is 1.44. The van der Waals surface area contributed by atoms with Gasteiger partial charge < -0.3 is 24.8 Å². The van der Waals surface area contributed by atoms with E-state index in [2.05, 4.69) is 69.0 Å². The topological polar surface area (TPSA) is 97.3 Å². The zero-order chi connectivity index (χ0) is 25.1. The van der Waals surface area contributed by atoms with E-state index in [1.807, 2.05) is 6.07 Å². The molecule has 5 rings (SSSR count). The Labute approximate surface area is 209 Å². The van der Waals surface area contributed by atoms with Gasteiger partial charge >= 0.3 is 0 Å². The van der Waals surface area contributed by atoms with Crippen LogP contribution in [-0.2, 0) is 4.79 Å². The predicted molar refractivity (Wildman–Crippen MR) is 141 cm³/mol. The SMILES string of the molecule is C=CC(=O)Nc1cccc(Oc2c(C#N)cnc3[nH]c(-c4ccc(N5CCN(C)CC5)cc4)cc23)c1. The van der Waals surface area contributed by atoms with Gasteiger partial charge in [0, 0.05) is 49.3 Å². The molecule has 36 heavy (non-hydrogen) atoms. The van der Waals surface area contributed by atoms with E-state index in [0.29, 0.717) is 33.8 Å². The number of H-pyrrole nitrogens is 1. The number of likely N-dealkylation sites (N-methyl/N-ethyl adjacent to an activating group) is 1. The minimum absolute atomic E-state index is 0.315. The molecule has 1 amide bonds. The minimum atomic E-state index is -0.315. The summed E-state index contributed by atoms with van der Waals surface area (Å²) in [5, 5.41) is 13.1. The molecule has 1 aliphatic rings. The molecule has 8 nitrogen and oxygen atoms in total. The summed E-state index contributed by atoms with van der Waals surface area (Å²) >= 11 is 0. The van der Waals surface area contributed by atoms with E-state index in [1.165, 1.54) is 18.0 Å². The number of benzene rings is 2. The molecule has 0 bridgehead atoms. The Kier molecular flexibility index (Phi) is 6.39. The van der Waals surface area contributed by atoms with E-state index in [4.69, 9.17) is 4.74 Å². The monoisotopic (exact) mass is 478 g/mol. The summed E-state index contributed by atoms with van der Waals surface area (Å²) in [5.74, 6) is 0.580. The first-order valence-electron chi connectivity index (χ1n) is 11.7. The fourth-order valence-electron chi connectivity index (χ4n) is 4.26. The van der Waals surface area contributed by atoms with Gasteiger partial charge in [-0.3, -0.25) is 4.79 Å². The molecule has 2 N–H and O–H groups in total. The van der Waals surface area contributed by atoms with E-state index in [9.17, 15) is 10.1 Å². The van der Waals surface area contributed by atoms with Crippen LogP contribution >= 0.6 is 0 Å². The fraction of sp³-hybridized carbons (Fsp3) is 0.179. The van der Waals surface area contributed by atoms with Crippen LogP contribution in [0, 0.1) is 11.3 Å². The van der Waals surface area contributed by atoms with Crippen molar-refractivity contribution in [3.8, 4) is 28.8 Å². The van der Waals surface area contributed by atoms with E-state index in [-0.39, 0.29) is 5.91 Å². The third-order valence-corrected chi connectivity index (χ3v) is 6.28. The lowest BCUT2D eigenvalue weighted by Gasteiger charge is -2.34. The van der Waals surface area contributed by atoms with Crippen LogP contribution in [0.5, 0.6) is 11.5 Å². The van der Waals surface area contributed by atoms with Crippen molar-refractivity contribution in [2.24, 2.45) is 0 Å². The van der Waals surface area contributed by atoms with Crippen molar-refractivity contribution >= 4 is 28.3 Å². The fourth-order valence-corrected chi connectivity index (χ4v) is 4.26. The summed E-state index contributed by atoms with van der Waals surface area (Å²) in [4.78, 5) is 24.2. The highest BCUT2D eigenvalue weighted by atomic mass is 16.5. The Bertz CT molecular complexity index is 1460. The third kappa shape index (κ3) is 4.78. The van der Waals surface area contributed by atoms with Gasteiger partial charge in [0.25, 0.3) is 0 Å². The Hall–Kier alpha value is -4.61. The molecule has 0 unspecified atom stereocenters. The van der Waals surface area contributed by atoms with Gasteiger partial charge in [-0.1, -0.05) is 24.8 Å². The lowest BCUT2D eigenvalue weighted by Crippen LogP contribution is -2.44. The molecule has 0 spiro atoms. The number of aromatic nitrogens is 2. The van der Waals surface area contributed by atoms with Crippen molar-refractivity contribution in [1.82, 2.24) is 14.9 Å². The van der Waals surface area contributed by atoms with Gasteiger partial charge in [-0.25, -0.2) is 4.98 Å². The normalized spacial score (nSPS) is 13.8. The lowest BCUT2D eigenvalue weighted by molar-refractivity contribution is -0.111. The molecule has 0 saturated carbocycles. The first kappa shape index (κ1) is 23.1. The number of fused-ring (bicyclic) bond motifs is 1. The smallest absolute Gasteiger partial charge is 0.247 e. The number of hydrogen-bond acceptors (Lipinski definition) is 6. The van der Waals surface area contributed by atoms with Gasteiger partial charge in [0.2, 0.25) is 5.91 Å². The van der Waals surface area contributed by atoms with Crippen LogP contribution in [0.15, 0.2) is 73.4 Å². The van der Waals surface area contributed by atoms with Crippen molar-refractivity contribution in [1.29, 1.82) is 5.26 Å². The molecule has 180 valence electrons. The molecule has 8 heteroatoms. The molecular formula is C28H26N6O2. The van der Waals surface area contributed by atoms with E-state index in [0.717, 1.165) is 37.4 Å². The Morgan fingerprint density at radius 1 is 1.17 bits per heavy atom. The second-order valence-electron chi connectivity index (χ2n) is 8.72. The van der Waals surface area contributed by atoms with Crippen LogP contribution in [0.3, 0.4) is 0 Å². The first-order chi connectivity index (χ1) is 17.5. The maximum Gasteiger partial charge on any atom is 0.247 e. The van der Waals surface area contributed by atoms with Crippen molar-refractivity contribution in [3.63, 3.8) is 0 Å². The van der Waals surface area contributed by atoms with Gasteiger partial charge in [0.05, 0.1) is 11.6 Å². The van der Waals surface area contributed by atoms with E-state index in [1.54, 1.807) is 24.3 Å². The predicted octanol–water partition coefficient (Wildman–Crippen LogP) is 4.77. The van der Waals surface area contributed by atoms with Crippen molar-refractivity contribution in [2.75, 3.05) is 43.4 Å². The average molecular weight is 479 g/mol. The number of amides is 1. The van der Waals surface area contributed by atoms with Crippen LogP contribution in [-0.4, -0.2) is 54.0 Å². The number of anilines is 2. The number of nitriles is 1. The zero-order valence-corrected chi connectivity index (χ0v) is 20.0. The van der Waals surface area contributed by atoms with Gasteiger partial charge in [0.1, 0.15) is 23.0 Å². The molecule has 0 radical (unpaired) electrons. The van der Waals surface area contributed by atoms with E-state index < -0.39 is 0 Å². The second kappa shape index (κ2) is 9.94. The van der Waals surface area contributed by atoms with Crippen molar-refractivity contribution in [3.05, 3.63) is 79.0 Å². The van der Waals surface area contributed by atoms with Gasteiger partial charge in [-0.05, 0) is 49.0 Å². The van der Waals surface area contributed by atoms with Crippen LogP contribution in [0.25, 0.3) is 22.3 Å². The average Bonchev–Trinajstić information content (AvgIpc) is 3.34. The van der Waals surface area contributed by atoms with Crippen LogP contribution in [0.2, 0.25) is 0 Å². The van der Waals surface area contributed by atoms with Gasteiger partial charge in [0.15, 0.2) is 5.75 Å². The third-order valence-electron chi connectivity index (χ3n) is 6.28. The molecule has 4 aromatic rings. The number of aromatic amines is 1. The number of carbonyl (C=O) groups excluding carboxylic acids is 1. The summed E-state index contributed by atoms with van der Waals surface area (Å²) in [5.41, 5.74) is 4.62. The van der Waals surface area contributed by atoms with Crippen LogP contribution < -0.4 is 15.0 Å². The molecule has 0 atom stereocenters. The number of carbonyl (C=O) groups is 1. The number of pyridine rings is 1. The lowest BCUT2D eigenvalue weighted by atomic mass is 10.1. The summed E-state index contributed by atoms with van der Waals surface area (Å²) in [6.07, 6.45) is 2.70. The highest BCUT2D eigenvalue weighted by molar-refractivity contribution is 5.99. The highest BCUT2D eigenvalue weighted by Crippen LogP contribution is 2.36. The summed E-state index contributed by atoms with van der Waals surface area (Å²) in [6, 6.07) is 19.6. The van der Waals surface area contributed by atoms with Gasteiger partial charge in [-0.2, -0.15) is 5.26 Å². The molecule has 1 aliphatic heterocycles. The number of nitrogens with one attached hydrogen (secondary N) is 2. The van der Waals surface area contributed by atoms with Crippen LogP contribution in [0.4, 0.5) is 11.4 Å². The second-order valence-corrected chi connectivity index (χ2v) is 8.72. The van der Waals surface area contributed by atoms with Crippen molar-refractivity contribution < 1.29 is 9.53 Å². The van der Waals surface area contributed by atoms with Crippen LogP contribution in [0.1, 0.15) is 5.56 Å². The van der Waals surface area contributed by atoms with E-state index >= 15 is 0 Å². The Morgan fingerprint density at radius 2 is 1.94 bits per heavy atom. The number of ether oxygens (including phenoxy) is 1. The number of rotatable bonds is 6. The summed E-state index contributed by atoms with van der Waals surface area (Å²) < 4.78 is 6.16. The highest BCUT2D eigenvalue weighted by Gasteiger charge is 2.17. The minimum Gasteiger partial charge on any atom is -0.455 e. The number of hydrogen-bond donors (Lipinski definition) is 2. The quantitative estimate of drug-likeness (QED) is 0.388. The summed E-state index contributed by atoms with van der Waals surface area (Å²) in [6.45, 7) is 7.62. The van der Waals surface area contributed by atoms with Gasteiger partial charge in [-0.15, -0.1) is 0 Å². The number of piperazine rings is 1. The molecule has 2 aromatic carbocycles. The molecule has 3 heterocycles. The standard InChI is InChI=1S/C28H26N6O2/c1-3-26(35)31-21-5-4-6-23(15-21)36-27-20(17-29)18-30-28-24(27)16-25(32-28)19-7-9-22(10-8-19)34-13-11-33(2)12-14-34/h3-10,15-16,18H,1,11-14H2,2H3,(H,30,32)(H,31,35). The molecule has 1 saturated heterocycles. The van der Waals surface area contributed by atoms with Crippen molar-refractivity contribution in [2.45, 2.75) is 0 Å². The maximum atomic E-state index is 11.7. The molecule has 2 aromatic heterocycles. The molecule has 1 fully saturated rings. The number of nitrogens with zero attached hydrogens (tertiary/aromatic N) is 4. The molecular weight excluding hydrogens is 452 g/mol. The summed E-state index contributed by atoms with van der Waals surface area (Å²) in [7, 11) is 2.15. The maximum absolute atomic E-state index is 11.7. The molecule has 0 aliphatic carbocycles. The largest absolute Gasteiger partial charge is 0.455 e. The zero-order valence-electron chi connectivity index (χ0n) is 20.0. The Morgan fingerprint density at radius 3 is 2.67 bits per heavy atom. The first-order valence-corrected chi connectivity index (χ1v) is 11.7.